The first kappa shape index (κ1) is 33.0. The number of carbonyl (C=O) groups excluding carboxylic acids is 1. The number of nitrogens with one attached hydrogen (secondary N) is 2. The van der Waals surface area contributed by atoms with Crippen LogP contribution in [0.5, 0.6) is 17.2 Å². The molecule has 2 N–H and O–H groups in total. The molecule has 0 bridgehead atoms. The van der Waals surface area contributed by atoms with Crippen molar-refractivity contribution in [3.05, 3.63) is 91.5 Å². The predicted molar refractivity (Wildman–Crippen MR) is 183 cm³/mol. The molecule has 5 rings (SSSR count). The quantitative estimate of drug-likeness (QED) is 0.140. The molecule has 1 unspecified atom stereocenters. The van der Waals surface area contributed by atoms with Crippen LogP contribution in [0.25, 0.3) is 0 Å². The lowest BCUT2D eigenvalue weighted by Crippen LogP contribution is -2.31. The number of anilines is 2. The number of carbonyl (C=O) groups is 1. The van der Waals surface area contributed by atoms with Crippen LogP contribution in [0, 0.1) is 0 Å². The first-order valence-electron chi connectivity index (χ1n) is 14.3. The van der Waals surface area contributed by atoms with Gasteiger partial charge in [0, 0.05) is 27.1 Å². The topological polar surface area (TPSA) is 99.5 Å². The number of ether oxygens (including phenoxy) is 3. The first-order chi connectivity index (χ1) is 21.7. The molecule has 1 aliphatic rings. The molecular weight excluding hydrogens is 701 g/mol. The number of fused-ring (bicyclic) bond motifs is 1. The Balaban J connectivity index is 1.56. The zero-order valence-corrected chi connectivity index (χ0v) is 29.0. The van der Waals surface area contributed by atoms with Gasteiger partial charge in [-0.05, 0) is 78.2 Å². The van der Waals surface area contributed by atoms with E-state index in [0.717, 1.165) is 17.7 Å². The molecule has 4 aromatic rings. The maximum atomic E-state index is 14.1. The fourth-order valence-corrected chi connectivity index (χ4v) is 6.65. The Kier molecular flexibility index (Phi) is 10.9. The summed E-state index contributed by atoms with van der Waals surface area (Å²) in [6.07, 6.45) is 0.973. The number of nitrogens with zero attached hydrogens (tertiary/aromatic N) is 3. The van der Waals surface area contributed by atoms with Crippen LogP contribution in [0.15, 0.2) is 75.5 Å². The second-order valence-electron chi connectivity index (χ2n) is 9.98. The van der Waals surface area contributed by atoms with Gasteiger partial charge in [0.1, 0.15) is 18.4 Å². The molecule has 0 saturated heterocycles. The van der Waals surface area contributed by atoms with Crippen molar-refractivity contribution in [3.8, 4) is 17.2 Å². The number of allylic oxidation sites excluding steroid dienone is 1. The van der Waals surface area contributed by atoms with E-state index in [1.54, 1.807) is 47.8 Å². The summed E-state index contributed by atoms with van der Waals surface area (Å²) in [5.74, 6) is 2.57. The molecule has 0 spiro atoms. The third kappa shape index (κ3) is 7.22. The number of hydrogen-bond acceptors (Lipinski definition) is 8. The number of thioether (sulfide) groups is 1. The van der Waals surface area contributed by atoms with Crippen molar-refractivity contribution in [2.24, 2.45) is 0 Å². The van der Waals surface area contributed by atoms with Crippen molar-refractivity contribution in [1.29, 1.82) is 0 Å². The minimum absolute atomic E-state index is 0.122. The lowest BCUT2D eigenvalue weighted by atomic mass is 9.94. The van der Waals surface area contributed by atoms with Crippen LogP contribution in [0.1, 0.15) is 44.4 Å². The molecule has 1 amide bonds. The van der Waals surface area contributed by atoms with Gasteiger partial charge < -0.3 is 24.8 Å². The van der Waals surface area contributed by atoms with Gasteiger partial charge in [0.15, 0.2) is 11.5 Å². The largest absolute Gasteiger partial charge is 0.493 e. The molecule has 1 aromatic heterocycles. The minimum atomic E-state index is -0.652. The number of amides is 1. The van der Waals surface area contributed by atoms with Crippen LogP contribution in [0.4, 0.5) is 11.6 Å². The van der Waals surface area contributed by atoms with Crippen molar-refractivity contribution in [1.82, 2.24) is 14.8 Å². The minimum Gasteiger partial charge on any atom is -0.493 e. The molecule has 2 heterocycles. The van der Waals surface area contributed by atoms with Crippen LogP contribution in [-0.4, -0.2) is 40.1 Å². The molecule has 45 heavy (non-hydrogen) atoms. The van der Waals surface area contributed by atoms with E-state index in [1.165, 1.54) is 0 Å². The Morgan fingerprint density at radius 1 is 1.09 bits per heavy atom. The second kappa shape index (κ2) is 14.8. The average molecular weight is 734 g/mol. The van der Waals surface area contributed by atoms with Crippen molar-refractivity contribution < 1.29 is 19.0 Å². The highest BCUT2D eigenvalue weighted by Gasteiger charge is 2.36. The van der Waals surface area contributed by atoms with E-state index in [-0.39, 0.29) is 12.5 Å². The molecule has 13 heteroatoms. The van der Waals surface area contributed by atoms with Crippen molar-refractivity contribution in [3.63, 3.8) is 0 Å². The molecule has 0 aliphatic carbocycles. The Bertz CT molecular complexity index is 1730. The average Bonchev–Trinajstić information content (AvgIpc) is 3.42. The molecule has 0 radical (unpaired) electrons. The van der Waals surface area contributed by atoms with E-state index in [1.807, 2.05) is 44.2 Å². The number of para-hydroxylation sites is 2. The maximum absolute atomic E-state index is 14.1. The van der Waals surface area contributed by atoms with Gasteiger partial charge in [-0.25, -0.2) is 4.68 Å². The fourth-order valence-electron chi connectivity index (χ4n) is 4.88. The summed E-state index contributed by atoms with van der Waals surface area (Å²) in [5, 5.41) is 12.8. The second-order valence-corrected chi connectivity index (χ2v) is 12.7. The van der Waals surface area contributed by atoms with Crippen LogP contribution >= 0.6 is 50.9 Å². The SMILES string of the molecule is CCCSc1nc2n(n1)C(c1cc(Br)c(OCc3c(Cl)cccc3Cl)c(OC)c1)C(C(=O)Nc1ccccc1OCC)=C(C)N2. The molecule has 1 atom stereocenters. The van der Waals surface area contributed by atoms with E-state index in [4.69, 9.17) is 47.5 Å². The Morgan fingerprint density at radius 3 is 2.56 bits per heavy atom. The highest BCUT2D eigenvalue weighted by molar-refractivity contribution is 9.10. The van der Waals surface area contributed by atoms with Crippen LogP contribution in [0.3, 0.4) is 0 Å². The molecular formula is C32H32BrCl2N5O4S. The summed E-state index contributed by atoms with van der Waals surface area (Å²) < 4.78 is 20.1. The van der Waals surface area contributed by atoms with Crippen LogP contribution in [0.2, 0.25) is 10.0 Å². The van der Waals surface area contributed by atoms with Gasteiger partial charge in [-0.3, -0.25) is 4.79 Å². The summed E-state index contributed by atoms with van der Waals surface area (Å²) in [5.41, 5.74) is 3.04. The van der Waals surface area contributed by atoms with Crippen molar-refractivity contribution in [2.45, 2.75) is 45.0 Å². The zero-order chi connectivity index (χ0) is 32.1. The Hall–Kier alpha value is -3.38. The summed E-state index contributed by atoms with van der Waals surface area (Å²) in [6, 6.07) is 15.7. The normalized spacial score (nSPS) is 14.1. The molecule has 0 fully saturated rings. The van der Waals surface area contributed by atoms with Gasteiger partial charge in [-0.2, -0.15) is 4.98 Å². The molecule has 1 aliphatic heterocycles. The third-order valence-electron chi connectivity index (χ3n) is 6.94. The van der Waals surface area contributed by atoms with E-state index < -0.39 is 6.04 Å². The predicted octanol–water partition coefficient (Wildman–Crippen LogP) is 8.76. The molecule has 236 valence electrons. The Morgan fingerprint density at radius 2 is 1.84 bits per heavy atom. The van der Waals surface area contributed by atoms with E-state index >= 15 is 0 Å². The van der Waals surface area contributed by atoms with Crippen LogP contribution in [-0.2, 0) is 11.4 Å². The number of rotatable bonds is 12. The summed E-state index contributed by atoms with van der Waals surface area (Å²) in [4.78, 5) is 18.8. The summed E-state index contributed by atoms with van der Waals surface area (Å²) >= 11 is 18.0. The number of benzene rings is 3. The van der Waals surface area contributed by atoms with Gasteiger partial charge in [0.05, 0.1) is 29.4 Å². The highest BCUT2D eigenvalue weighted by Crippen LogP contribution is 2.44. The van der Waals surface area contributed by atoms with Crippen molar-refractivity contribution >= 4 is 68.4 Å². The van der Waals surface area contributed by atoms with Gasteiger partial charge in [-0.1, -0.05) is 60.1 Å². The number of halogens is 3. The Labute approximate surface area is 284 Å². The van der Waals surface area contributed by atoms with Gasteiger partial charge in [0.25, 0.3) is 5.91 Å². The van der Waals surface area contributed by atoms with Crippen molar-refractivity contribution in [2.75, 3.05) is 30.1 Å². The van der Waals surface area contributed by atoms with E-state index in [9.17, 15) is 4.79 Å². The zero-order valence-electron chi connectivity index (χ0n) is 25.1. The lowest BCUT2D eigenvalue weighted by molar-refractivity contribution is -0.113. The van der Waals surface area contributed by atoms with Gasteiger partial charge >= 0.3 is 0 Å². The number of methoxy groups -OCH3 is 1. The monoisotopic (exact) mass is 731 g/mol. The molecule has 3 aromatic carbocycles. The summed E-state index contributed by atoms with van der Waals surface area (Å²) in [7, 11) is 1.56. The molecule has 9 nitrogen and oxygen atoms in total. The van der Waals surface area contributed by atoms with E-state index in [0.29, 0.717) is 72.0 Å². The van der Waals surface area contributed by atoms with E-state index in [2.05, 4.69) is 33.5 Å². The smallest absolute Gasteiger partial charge is 0.255 e. The number of hydrogen-bond donors (Lipinski definition) is 2. The highest BCUT2D eigenvalue weighted by atomic mass is 79.9. The maximum Gasteiger partial charge on any atom is 0.255 e. The molecule has 0 saturated carbocycles. The number of aromatic nitrogens is 3. The van der Waals surface area contributed by atoms with Gasteiger partial charge in [0.2, 0.25) is 11.1 Å². The standard InChI is InChI=1S/C32H32BrCl2N5O4S/c1-5-14-45-32-38-31-36-18(3)27(30(41)37-24-12-7-8-13-25(24)43-6-2)28(40(31)39-32)19-15-21(33)29(26(16-19)42-4)44-17-20-22(34)10-9-11-23(20)35/h7-13,15-16,28H,5-6,14,17H2,1-4H3,(H,37,41)(H,36,38,39). The third-order valence-corrected chi connectivity index (χ3v) is 9.28. The van der Waals surface area contributed by atoms with Crippen LogP contribution < -0.4 is 24.8 Å². The first-order valence-corrected chi connectivity index (χ1v) is 16.8. The summed E-state index contributed by atoms with van der Waals surface area (Å²) in [6.45, 7) is 6.44. The fraction of sp³-hybridized carbons (Fsp3) is 0.281. The van der Waals surface area contributed by atoms with Gasteiger partial charge in [-0.15, -0.1) is 5.10 Å². The lowest BCUT2D eigenvalue weighted by Gasteiger charge is -2.29.